The first-order chi connectivity index (χ1) is 22.9. The van der Waals surface area contributed by atoms with E-state index in [1.54, 1.807) is 0 Å². The van der Waals surface area contributed by atoms with Gasteiger partial charge < -0.3 is 64.4 Å². The minimum Gasteiger partial charge on any atom is -0.998 e. The average Bonchev–Trinajstić information content (AvgIpc) is 3.95. The predicted molar refractivity (Wildman–Crippen MR) is 191 cm³/mol. The number of benzene rings is 4. The summed E-state index contributed by atoms with van der Waals surface area (Å²) in [5, 5.41) is 5.25. The zero-order valence-electron chi connectivity index (χ0n) is 28.1. The summed E-state index contributed by atoms with van der Waals surface area (Å²) in [6, 6.07) is 58.9. The van der Waals surface area contributed by atoms with E-state index >= 15 is 0 Å². The third-order valence-electron chi connectivity index (χ3n) is 9.84. The molecule has 0 radical (unpaired) electrons. The van der Waals surface area contributed by atoms with Crippen molar-refractivity contribution in [2.24, 2.45) is 0 Å². The second-order valence-electron chi connectivity index (χ2n) is 13.5. The van der Waals surface area contributed by atoms with Gasteiger partial charge in [0.1, 0.15) is 0 Å². The van der Waals surface area contributed by atoms with Crippen molar-refractivity contribution in [1.29, 1.82) is 0 Å². The van der Waals surface area contributed by atoms with Crippen LogP contribution in [0, 0.1) is 89.4 Å². The van der Waals surface area contributed by atoms with Crippen LogP contribution in [0.1, 0.15) is 74.3 Å². The molecule has 0 bridgehead atoms. The average molecular weight is 750 g/mol. The minimum atomic E-state index is -0.167. The van der Waals surface area contributed by atoms with Crippen LogP contribution in [-0.4, -0.2) is 13.2 Å². The molecule has 0 N–H and O–H groups in total. The van der Waals surface area contributed by atoms with E-state index in [2.05, 4.69) is 173 Å². The van der Waals surface area contributed by atoms with Gasteiger partial charge in [0, 0.05) is 54.1 Å². The van der Waals surface area contributed by atoms with Crippen LogP contribution < -0.4 is 0 Å². The Balaban J connectivity index is 0.000000143. The Hall–Kier alpha value is -3.24. The molecule has 2 heteroatoms. The van der Waals surface area contributed by atoms with Crippen LogP contribution in [0.2, 0.25) is 0 Å². The van der Waals surface area contributed by atoms with E-state index in [1.807, 2.05) is 0 Å². The zero-order valence-corrected chi connectivity index (χ0v) is 31.3. The molecular weight excluding hydrogens is 713 g/mol. The molecular formula is C46H37NdO-11. The molecule has 1 aliphatic carbocycles. The molecule has 242 valence electrons. The van der Waals surface area contributed by atoms with Crippen LogP contribution in [0.5, 0.6) is 0 Å². The molecule has 0 aromatic heterocycles. The molecule has 1 heterocycles. The van der Waals surface area contributed by atoms with Gasteiger partial charge in [-0.15, -0.1) is 39.2 Å². The number of rotatable bonds is 4. The summed E-state index contributed by atoms with van der Waals surface area (Å²) in [7, 11) is 0. The predicted octanol–water partition coefficient (Wildman–Crippen LogP) is 10.5. The van der Waals surface area contributed by atoms with E-state index < -0.39 is 0 Å². The molecule has 9 rings (SSSR count). The number of ether oxygens (including phenoxy) is 1. The normalized spacial score (nSPS) is 14.0. The van der Waals surface area contributed by atoms with Crippen molar-refractivity contribution < 1.29 is 45.6 Å². The van der Waals surface area contributed by atoms with E-state index in [-0.39, 0.29) is 51.7 Å². The first-order valence-corrected chi connectivity index (χ1v) is 16.5. The van der Waals surface area contributed by atoms with Crippen LogP contribution in [0.3, 0.4) is 0 Å². The molecule has 1 aliphatic heterocycles. The summed E-state index contributed by atoms with van der Waals surface area (Å²) in [6.45, 7) is 11.0. The van der Waals surface area contributed by atoms with Gasteiger partial charge >= 0.3 is 0 Å². The Morgan fingerprint density at radius 2 is 0.979 bits per heavy atom. The standard InChI is InChI=1S/C21H15.C21H14.C4H8O.Nd/c2*1-21(2,15-9-3-4-10-15)20-18-13-7-5-11-16(18)17-12-6-8-14-19(17)20;1-2-4-5-3-1;/h5-8,11-14,20H,1-2H3;5-8,11-14H,1-2H3;1-4H2;/q-5;-6;;. The second-order valence-corrected chi connectivity index (χ2v) is 13.5. The Bertz CT molecular complexity index is 1960. The van der Waals surface area contributed by atoms with Gasteiger partial charge in [0.25, 0.3) is 0 Å². The minimum absolute atomic E-state index is 0. The van der Waals surface area contributed by atoms with E-state index in [0.717, 1.165) is 24.3 Å². The van der Waals surface area contributed by atoms with Crippen molar-refractivity contribution in [3.05, 3.63) is 173 Å². The molecule has 1 nitrogen and oxygen atoms in total. The maximum atomic E-state index is 4.94. The summed E-state index contributed by atoms with van der Waals surface area (Å²) in [6.07, 6.45) is 2.56. The second kappa shape index (κ2) is 14.7. The van der Waals surface area contributed by atoms with Crippen LogP contribution in [0.25, 0.3) is 32.7 Å². The van der Waals surface area contributed by atoms with Gasteiger partial charge in [0.15, 0.2) is 0 Å². The molecule has 0 atom stereocenters. The van der Waals surface area contributed by atoms with Crippen LogP contribution in [0.4, 0.5) is 0 Å². The van der Waals surface area contributed by atoms with Gasteiger partial charge in [-0.1, -0.05) is 113 Å². The Morgan fingerprint density at radius 3 is 1.44 bits per heavy atom. The van der Waals surface area contributed by atoms with Gasteiger partial charge in [-0.05, 0) is 41.0 Å². The molecule has 7 aromatic carbocycles. The van der Waals surface area contributed by atoms with Crippen LogP contribution >= 0.6 is 0 Å². The Labute approximate surface area is 319 Å². The smallest absolute Gasteiger partial charge is 0.0466 e. The molecule has 0 spiro atoms. The summed E-state index contributed by atoms with van der Waals surface area (Å²) in [5.41, 5.74) is 8.66. The maximum absolute atomic E-state index is 4.94. The fraction of sp³-hybridized carbons (Fsp3) is 0.239. The zero-order chi connectivity index (χ0) is 32.4. The monoisotopic (exact) mass is 747 g/mol. The summed E-state index contributed by atoms with van der Waals surface area (Å²) >= 11 is 0. The van der Waals surface area contributed by atoms with E-state index in [0.29, 0.717) is 5.92 Å². The van der Waals surface area contributed by atoms with E-state index in [9.17, 15) is 0 Å². The molecule has 0 saturated carbocycles. The fourth-order valence-electron chi connectivity index (χ4n) is 7.48. The Morgan fingerprint density at radius 1 is 0.562 bits per heavy atom. The fourth-order valence-corrected chi connectivity index (χ4v) is 7.48. The van der Waals surface area contributed by atoms with Gasteiger partial charge in [0.05, 0.1) is 0 Å². The van der Waals surface area contributed by atoms with Gasteiger partial charge in [-0.2, -0.15) is 5.41 Å². The van der Waals surface area contributed by atoms with Crippen LogP contribution in [-0.2, 0) is 15.6 Å². The van der Waals surface area contributed by atoms with Gasteiger partial charge in [0.2, 0.25) is 0 Å². The third kappa shape index (κ3) is 6.42. The van der Waals surface area contributed by atoms with Crippen molar-refractivity contribution in [3.63, 3.8) is 0 Å². The molecule has 1 fully saturated rings. The quantitative estimate of drug-likeness (QED) is 0.163. The molecule has 1 saturated heterocycles. The van der Waals surface area contributed by atoms with E-state index in [4.69, 9.17) is 4.74 Å². The molecule has 7 aromatic rings. The molecule has 0 unspecified atom stereocenters. The SMILES string of the molecule is C1CCOC1.CC(C)([c-]1[c-][c-][c-][c-]1)C1c2ccccc2-c2ccccc21.CC(C)([c-]1[c-][c-][c-][c-]1)[c-]1c2ccccc2c2ccccc21.[Nd]. The van der Waals surface area contributed by atoms with E-state index in [1.165, 1.54) is 62.2 Å². The first kappa shape index (κ1) is 34.6. The summed E-state index contributed by atoms with van der Waals surface area (Å²) in [5.74, 6) is 0.321. The molecule has 2 aliphatic rings. The largest absolute Gasteiger partial charge is 0.998 e. The van der Waals surface area contributed by atoms with Crippen molar-refractivity contribution in [2.45, 2.75) is 57.3 Å². The van der Waals surface area contributed by atoms with Gasteiger partial charge in [-0.3, -0.25) is 0 Å². The van der Waals surface area contributed by atoms with Crippen molar-refractivity contribution in [1.82, 2.24) is 0 Å². The first-order valence-electron chi connectivity index (χ1n) is 16.5. The summed E-state index contributed by atoms with van der Waals surface area (Å²) in [4.78, 5) is 0. The summed E-state index contributed by atoms with van der Waals surface area (Å²) < 4.78 is 4.94. The molecule has 0 amide bonds. The maximum Gasteiger partial charge on any atom is 0.0466 e. The number of hydrogen-bond donors (Lipinski definition) is 0. The van der Waals surface area contributed by atoms with Crippen molar-refractivity contribution in [3.8, 4) is 11.1 Å². The third-order valence-corrected chi connectivity index (χ3v) is 9.84. The number of hydrogen-bond acceptors (Lipinski definition) is 1. The topological polar surface area (TPSA) is 9.23 Å². The molecule has 48 heavy (non-hydrogen) atoms. The van der Waals surface area contributed by atoms with Gasteiger partial charge in [-0.25, -0.2) is 5.41 Å². The Kier molecular flexibility index (Phi) is 10.6. The van der Waals surface area contributed by atoms with Crippen molar-refractivity contribution in [2.75, 3.05) is 13.2 Å². The van der Waals surface area contributed by atoms with Crippen molar-refractivity contribution >= 4 is 21.5 Å². The van der Waals surface area contributed by atoms with Crippen LogP contribution in [0.15, 0.2) is 97.1 Å². The number of fused-ring (bicyclic) bond motifs is 6.